The first-order valence-electron chi connectivity index (χ1n) is 10.9. The van der Waals surface area contributed by atoms with E-state index in [4.69, 9.17) is 9.72 Å². The number of imidazole rings is 1. The zero-order chi connectivity index (χ0) is 21.9. The van der Waals surface area contributed by atoms with Crippen LogP contribution in [-0.4, -0.2) is 28.6 Å². The Labute approximate surface area is 195 Å². The number of hydrogen-bond donors (Lipinski definition) is 0. The van der Waals surface area contributed by atoms with Crippen LogP contribution in [-0.2, 0) is 11.3 Å². The summed E-state index contributed by atoms with van der Waals surface area (Å²) in [6.45, 7) is 2.07. The number of carbonyl (C=O) groups excluding carboxylic acids is 1. The van der Waals surface area contributed by atoms with Crippen LogP contribution in [0.4, 0.5) is 5.69 Å². The number of halogens is 1. The Hall–Kier alpha value is -3.12. The van der Waals surface area contributed by atoms with Gasteiger partial charge in [-0.2, -0.15) is 0 Å². The molecule has 6 heteroatoms. The summed E-state index contributed by atoms with van der Waals surface area (Å²) < 4.78 is 9.16. The molecule has 1 aromatic heterocycles. The Bertz CT molecular complexity index is 1220. The minimum Gasteiger partial charge on any atom is -0.494 e. The number of aryl methyl sites for hydroxylation is 1. The van der Waals surface area contributed by atoms with E-state index in [1.54, 1.807) is 0 Å². The smallest absolute Gasteiger partial charge is 0.227 e. The van der Waals surface area contributed by atoms with Crippen molar-refractivity contribution < 1.29 is 9.53 Å². The third-order valence-corrected chi connectivity index (χ3v) is 6.38. The molecule has 1 fully saturated rings. The van der Waals surface area contributed by atoms with Crippen molar-refractivity contribution in [1.29, 1.82) is 0 Å². The highest BCUT2D eigenvalue weighted by molar-refractivity contribution is 9.10. The Morgan fingerprint density at radius 3 is 2.53 bits per heavy atom. The Morgan fingerprint density at radius 2 is 1.72 bits per heavy atom. The highest BCUT2D eigenvalue weighted by Gasteiger charge is 2.34. The van der Waals surface area contributed by atoms with Gasteiger partial charge in [0.2, 0.25) is 5.91 Å². The van der Waals surface area contributed by atoms with E-state index in [0.29, 0.717) is 19.6 Å². The first-order chi connectivity index (χ1) is 15.7. The summed E-state index contributed by atoms with van der Waals surface area (Å²) in [6.07, 6.45) is 1.33. The fourth-order valence-corrected chi connectivity index (χ4v) is 4.59. The maximum Gasteiger partial charge on any atom is 0.227 e. The largest absolute Gasteiger partial charge is 0.494 e. The fourth-order valence-electron chi connectivity index (χ4n) is 4.32. The molecule has 4 aromatic rings. The highest BCUT2D eigenvalue weighted by Crippen LogP contribution is 2.33. The van der Waals surface area contributed by atoms with Gasteiger partial charge in [0.05, 0.1) is 17.6 Å². The predicted molar refractivity (Wildman–Crippen MR) is 130 cm³/mol. The van der Waals surface area contributed by atoms with Crippen molar-refractivity contribution in [1.82, 2.24) is 9.55 Å². The van der Waals surface area contributed by atoms with Gasteiger partial charge >= 0.3 is 0 Å². The number of aromatic nitrogens is 2. The maximum absolute atomic E-state index is 12.8. The Kier molecular flexibility index (Phi) is 5.95. The van der Waals surface area contributed by atoms with Crippen molar-refractivity contribution in [3.05, 3.63) is 89.2 Å². The van der Waals surface area contributed by atoms with Crippen LogP contribution in [0.3, 0.4) is 0 Å². The first kappa shape index (κ1) is 20.8. The summed E-state index contributed by atoms with van der Waals surface area (Å²) in [7, 11) is 0. The molecule has 0 saturated carbocycles. The van der Waals surface area contributed by atoms with Gasteiger partial charge in [-0.3, -0.25) is 4.79 Å². The average Bonchev–Trinajstić information content (AvgIpc) is 3.38. The van der Waals surface area contributed by atoms with Crippen LogP contribution in [0.1, 0.15) is 24.6 Å². The van der Waals surface area contributed by atoms with E-state index in [9.17, 15) is 4.79 Å². The molecule has 3 aromatic carbocycles. The van der Waals surface area contributed by atoms with E-state index in [1.165, 1.54) is 0 Å². The van der Waals surface area contributed by atoms with Crippen LogP contribution >= 0.6 is 15.9 Å². The zero-order valence-corrected chi connectivity index (χ0v) is 19.2. The van der Waals surface area contributed by atoms with E-state index in [2.05, 4.69) is 26.6 Å². The van der Waals surface area contributed by atoms with Crippen molar-refractivity contribution in [3.8, 4) is 5.75 Å². The molecule has 2 heterocycles. The number of carbonyl (C=O) groups is 1. The van der Waals surface area contributed by atoms with E-state index < -0.39 is 0 Å². The van der Waals surface area contributed by atoms with Crippen LogP contribution < -0.4 is 9.64 Å². The highest BCUT2D eigenvalue weighted by atomic mass is 79.9. The van der Waals surface area contributed by atoms with Gasteiger partial charge in [0.25, 0.3) is 0 Å². The zero-order valence-electron chi connectivity index (χ0n) is 17.7. The molecule has 0 bridgehead atoms. The van der Waals surface area contributed by atoms with Gasteiger partial charge in [-0.05, 0) is 55.0 Å². The second kappa shape index (κ2) is 9.17. The SMILES string of the molecule is O=C1CC(c2nc3ccccc3n2CCCOc2ccccc2)CN1c1ccc(Br)cc1. The predicted octanol–water partition coefficient (Wildman–Crippen LogP) is 5.79. The maximum atomic E-state index is 12.8. The van der Waals surface area contributed by atoms with Gasteiger partial charge in [-0.25, -0.2) is 4.98 Å². The molecule has 1 amide bonds. The van der Waals surface area contributed by atoms with Crippen molar-refractivity contribution in [2.24, 2.45) is 0 Å². The lowest BCUT2D eigenvalue weighted by Crippen LogP contribution is -2.24. The average molecular weight is 490 g/mol. The fraction of sp³-hybridized carbons (Fsp3) is 0.231. The van der Waals surface area contributed by atoms with E-state index in [-0.39, 0.29) is 11.8 Å². The Balaban J connectivity index is 1.35. The second-order valence-electron chi connectivity index (χ2n) is 8.01. The lowest BCUT2D eigenvalue weighted by molar-refractivity contribution is -0.117. The molecule has 1 aliphatic heterocycles. The minimum absolute atomic E-state index is 0.0635. The molecule has 1 saturated heterocycles. The third kappa shape index (κ3) is 4.28. The second-order valence-corrected chi connectivity index (χ2v) is 8.92. The van der Waals surface area contributed by atoms with Gasteiger partial charge in [-0.1, -0.05) is 46.3 Å². The van der Waals surface area contributed by atoms with Crippen molar-refractivity contribution in [3.63, 3.8) is 0 Å². The van der Waals surface area contributed by atoms with Crippen LogP contribution in [0.15, 0.2) is 83.3 Å². The van der Waals surface area contributed by atoms with Gasteiger partial charge < -0.3 is 14.2 Å². The summed E-state index contributed by atoms with van der Waals surface area (Å²) in [6, 6.07) is 26.0. The molecule has 5 rings (SSSR count). The van der Waals surface area contributed by atoms with Crippen LogP contribution in [0, 0.1) is 0 Å². The number of anilines is 1. The monoisotopic (exact) mass is 489 g/mol. The molecular weight excluding hydrogens is 466 g/mol. The number of ether oxygens (including phenoxy) is 1. The van der Waals surface area contributed by atoms with Crippen LogP contribution in [0.2, 0.25) is 0 Å². The molecular formula is C26H24BrN3O2. The molecule has 0 radical (unpaired) electrons. The minimum atomic E-state index is 0.0635. The summed E-state index contributed by atoms with van der Waals surface area (Å²) in [5.41, 5.74) is 3.01. The van der Waals surface area contributed by atoms with Gasteiger partial charge in [0, 0.05) is 35.6 Å². The molecule has 0 spiro atoms. The molecule has 1 aliphatic rings. The van der Waals surface area contributed by atoms with Crippen molar-refractivity contribution >= 4 is 38.6 Å². The number of hydrogen-bond acceptors (Lipinski definition) is 3. The number of rotatable bonds is 7. The van der Waals surface area contributed by atoms with Gasteiger partial charge in [0.15, 0.2) is 0 Å². The summed E-state index contributed by atoms with van der Waals surface area (Å²) in [5.74, 6) is 2.07. The van der Waals surface area contributed by atoms with Crippen molar-refractivity contribution in [2.75, 3.05) is 18.1 Å². The topological polar surface area (TPSA) is 47.4 Å². The Morgan fingerprint density at radius 1 is 0.969 bits per heavy atom. The molecule has 0 N–H and O–H groups in total. The number of benzene rings is 3. The molecule has 1 unspecified atom stereocenters. The molecule has 1 atom stereocenters. The van der Waals surface area contributed by atoms with Crippen LogP contribution in [0.25, 0.3) is 11.0 Å². The lowest BCUT2D eigenvalue weighted by Gasteiger charge is -2.17. The number of amides is 1. The third-order valence-electron chi connectivity index (χ3n) is 5.85. The van der Waals surface area contributed by atoms with E-state index in [1.807, 2.05) is 77.7 Å². The number of fused-ring (bicyclic) bond motifs is 1. The van der Waals surface area contributed by atoms with Gasteiger partial charge in [0.1, 0.15) is 11.6 Å². The van der Waals surface area contributed by atoms with Crippen LogP contribution in [0.5, 0.6) is 5.75 Å². The normalized spacial score (nSPS) is 16.1. The van der Waals surface area contributed by atoms with E-state index in [0.717, 1.165) is 45.7 Å². The number of nitrogens with zero attached hydrogens (tertiary/aromatic N) is 3. The summed E-state index contributed by atoms with van der Waals surface area (Å²) in [5, 5.41) is 0. The molecule has 162 valence electrons. The standard InChI is InChI=1S/C26H24BrN3O2/c27-20-11-13-21(14-12-20)30-18-19(17-25(30)31)26-28-23-9-4-5-10-24(23)29(26)15-6-16-32-22-7-2-1-3-8-22/h1-5,7-14,19H,6,15-18H2. The quantitative estimate of drug-likeness (QED) is 0.308. The summed E-state index contributed by atoms with van der Waals surface area (Å²) in [4.78, 5) is 19.7. The van der Waals surface area contributed by atoms with Crippen molar-refractivity contribution in [2.45, 2.75) is 25.3 Å². The molecule has 5 nitrogen and oxygen atoms in total. The lowest BCUT2D eigenvalue weighted by atomic mass is 10.1. The van der Waals surface area contributed by atoms with Gasteiger partial charge in [-0.15, -0.1) is 0 Å². The number of para-hydroxylation sites is 3. The molecule has 0 aliphatic carbocycles. The van der Waals surface area contributed by atoms with E-state index >= 15 is 0 Å². The first-order valence-corrected chi connectivity index (χ1v) is 11.7. The summed E-state index contributed by atoms with van der Waals surface area (Å²) >= 11 is 3.46. The molecule has 32 heavy (non-hydrogen) atoms.